The highest BCUT2D eigenvalue weighted by atomic mass is 79.9. The molecule has 130 valence electrons. The number of sulfone groups is 1. The number of hydrogen-bond acceptors (Lipinski definition) is 6. The number of amides is 1. The second-order valence-corrected chi connectivity index (χ2v) is 9.18. The zero-order chi connectivity index (χ0) is 18.0. The van der Waals surface area contributed by atoms with Gasteiger partial charge in [0.2, 0.25) is 0 Å². The number of halogens is 1. The highest BCUT2D eigenvalue weighted by Crippen LogP contribution is 2.28. The van der Waals surface area contributed by atoms with Crippen LogP contribution in [0.1, 0.15) is 0 Å². The molecule has 3 rings (SSSR count). The topological polar surface area (TPSA) is 85.4 Å². The molecule has 0 aliphatic carbocycles. The number of thiazole rings is 1. The van der Waals surface area contributed by atoms with Crippen molar-refractivity contribution in [3.8, 4) is 5.75 Å². The predicted octanol–water partition coefficient (Wildman–Crippen LogP) is 3.48. The van der Waals surface area contributed by atoms with Crippen LogP contribution in [0.2, 0.25) is 0 Å². The number of carbonyl (C=O) groups is 1. The lowest BCUT2D eigenvalue weighted by Crippen LogP contribution is -2.19. The van der Waals surface area contributed by atoms with Gasteiger partial charge in [-0.05, 0) is 36.4 Å². The number of carbonyl (C=O) groups excluding carboxylic acids is 1. The summed E-state index contributed by atoms with van der Waals surface area (Å²) < 4.78 is 30.2. The molecule has 0 aliphatic heterocycles. The Balaban J connectivity index is 1.69. The first-order valence-electron chi connectivity index (χ1n) is 7.10. The molecule has 0 spiro atoms. The molecule has 1 N–H and O–H groups in total. The van der Waals surface area contributed by atoms with Crippen molar-refractivity contribution in [2.75, 3.05) is 18.2 Å². The Kier molecular flexibility index (Phi) is 5.07. The lowest BCUT2D eigenvalue weighted by molar-refractivity contribution is -0.118. The number of hydrogen-bond donors (Lipinski definition) is 1. The zero-order valence-corrected chi connectivity index (χ0v) is 16.2. The van der Waals surface area contributed by atoms with Crippen LogP contribution in [-0.2, 0) is 14.6 Å². The lowest BCUT2D eigenvalue weighted by atomic mass is 10.3. The van der Waals surface area contributed by atoms with Gasteiger partial charge in [-0.15, -0.1) is 0 Å². The Morgan fingerprint density at radius 3 is 2.80 bits per heavy atom. The van der Waals surface area contributed by atoms with E-state index in [-0.39, 0.29) is 17.4 Å². The minimum Gasteiger partial charge on any atom is -0.484 e. The molecule has 0 atom stereocenters. The van der Waals surface area contributed by atoms with Crippen LogP contribution >= 0.6 is 27.3 Å². The number of fused-ring (bicyclic) bond motifs is 1. The first-order valence-corrected chi connectivity index (χ1v) is 10.6. The van der Waals surface area contributed by atoms with Crippen molar-refractivity contribution in [1.82, 2.24) is 4.98 Å². The van der Waals surface area contributed by atoms with E-state index in [0.717, 1.165) is 10.7 Å². The monoisotopic (exact) mass is 440 g/mol. The quantitative estimate of drug-likeness (QED) is 0.656. The van der Waals surface area contributed by atoms with Crippen LogP contribution < -0.4 is 10.1 Å². The van der Waals surface area contributed by atoms with Gasteiger partial charge in [0, 0.05) is 10.7 Å². The molecule has 0 radical (unpaired) electrons. The highest BCUT2D eigenvalue weighted by Gasteiger charge is 2.12. The maximum absolute atomic E-state index is 12.0. The lowest BCUT2D eigenvalue weighted by Gasteiger charge is -2.05. The molecule has 0 fully saturated rings. The molecule has 1 heterocycles. The van der Waals surface area contributed by atoms with Gasteiger partial charge in [0.05, 0.1) is 15.1 Å². The third-order valence-corrected chi connectivity index (χ3v) is 5.74. The fourth-order valence-electron chi connectivity index (χ4n) is 2.05. The molecule has 0 bridgehead atoms. The van der Waals surface area contributed by atoms with E-state index >= 15 is 0 Å². The molecule has 0 aliphatic rings. The number of nitrogens with one attached hydrogen (secondary N) is 1. The number of ether oxygens (including phenoxy) is 1. The van der Waals surface area contributed by atoms with Gasteiger partial charge in [-0.1, -0.05) is 33.3 Å². The molecule has 3 aromatic rings. The first-order chi connectivity index (χ1) is 11.8. The minimum atomic E-state index is -3.28. The number of anilines is 1. The van der Waals surface area contributed by atoms with Crippen LogP contribution in [0.3, 0.4) is 0 Å². The van der Waals surface area contributed by atoms with Crippen LogP contribution in [0.4, 0.5) is 5.13 Å². The molecule has 9 heteroatoms. The molecule has 0 saturated carbocycles. The fourth-order valence-corrected chi connectivity index (χ4v) is 4.07. The Morgan fingerprint density at radius 2 is 2.08 bits per heavy atom. The van der Waals surface area contributed by atoms with Crippen LogP contribution in [0.15, 0.2) is 51.8 Å². The fraction of sp³-hybridized carbons (Fsp3) is 0.125. The number of benzene rings is 2. The highest BCUT2D eigenvalue weighted by molar-refractivity contribution is 9.10. The summed E-state index contributed by atoms with van der Waals surface area (Å²) in [7, 11) is -3.28. The standard InChI is InChI=1S/C16H13BrN2O4S2/c1-25(21,22)12-5-6-13-14(8-12)24-16(18-13)19-15(20)9-23-11-4-2-3-10(17)7-11/h2-8H,9H2,1H3,(H,18,19,20). The third-order valence-electron chi connectivity index (χ3n) is 3.20. The first kappa shape index (κ1) is 17.8. The second-order valence-electron chi connectivity index (χ2n) is 5.21. The summed E-state index contributed by atoms with van der Waals surface area (Å²) in [6.45, 7) is -0.152. The molecular formula is C16H13BrN2O4S2. The van der Waals surface area contributed by atoms with E-state index in [1.165, 1.54) is 17.4 Å². The minimum absolute atomic E-state index is 0.152. The Morgan fingerprint density at radius 1 is 1.28 bits per heavy atom. The molecule has 0 saturated heterocycles. The van der Waals surface area contributed by atoms with Crippen LogP contribution in [0.5, 0.6) is 5.75 Å². The van der Waals surface area contributed by atoms with E-state index in [4.69, 9.17) is 4.74 Å². The van der Waals surface area contributed by atoms with Gasteiger partial charge in [0.15, 0.2) is 21.6 Å². The van der Waals surface area contributed by atoms with Gasteiger partial charge in [0.25, 0.3) is 5.91 Å². The third kappa shape index (κ3) is 4.56. The molecule has 2 aromatic carbocycles. The van der Waals surface area contributed by atoms with E-state index in [9.17, 15) is 13.2 Å². The van der Waals surface area contributed by atoms with Crippen LogP contribution in [0.25, 0.3) is 10.2 Å². The predicted molar refractivity (Wildman–Crippen MR) is 101 cm³/mol. The van der Waals surface area contributed by atoms with E-state index in [1.54, 1.807) is 24.3 Å². The summed E-state index contributed by atoms with van der Waals surface area (Å²) in [5.74, 6) is 0.231. The van der Waals surface area contributed by atoms with Gasteiger partial charge in [-0.2, -0.15) is 0 Å². The van der Waals surface area contributed by atoms with Gasteiger partial charge in [-0.25, -0.2) is 13.4 Å². The Hall–Kier alpha value is -1.97. The molecule has 1 amide bonds. The summed E-state index contributed by atoms with van der Waals surface area (Å²) in [5, 5.41) is 3.05. The smallest absolute Gasteiger partial charge is 0.264 e. The Labute approximate surface area is 156 Å². The SMILES string of the molecule is CS(=O)(=O)c1ccc2nc(NC(=O)COc3cccc(Br)c3)sc2c1. The van der Waals surface area contributed by atoms with Crippen LogP contribution in [0, 0.1) is 0 Å². The van der Waals surface area contributed by atoms with Crippen molar-refractivity contribution in [1.29, 1.82) is 0 Å². The van der Waals surface area contributed by atoms with E-state index in [2.05, 4.69) is 26.2 Å². The molecule has 25 heavy (non-hydrogen) atoms. The van der Waals surface area contributed by atoms with E-state index in [1.807, 2.05) is 12.1 Å². The summed E-state index contributed by atoms with van der Waals surface area (Å²) in [6.07, 6.45) is 1.15. The van der Waals surface area contributed by atoms with Crippen molar-refractivity contribution in [3.63, 3.8) is 0 Å². The maximum Gasteiger partial charge on any atom is 0.264 e. The molecule has 1 aromatic heterocycles. The van der Waals surface area contributed by atoms with Crippen molar-refractivity contribution in [3.05, 3.63) is 46.9 Å². The van der Waals surface area contributed by atoms with Crippen molar-refractivity contribution in [2.24, 2.45) is 0 Å². The maximum atomic E-state index is 12.0. The summed E-state index contributed by atoms with van der Waals surface area (Å²) in [5.41, 5.74) is 0.626. The van der Waals surface area contributed by atoms with Crippen molar-refractivity contribution in [2.45, 2.75) is 4.90 Å². The van der Waals surface area contributed by atoms with Crippen LogP contribution in [-0.4, -0.2) is 32.2 Å². The average Bonchev–Trinajstić information content (AvgIpc) is 2.93. The van der Waals surface area contributed by atoms with Crippen molar-refractivity contribution < 1.29 is 17.9 Å². The second kappa shape index (κ2) is 7.11. The number of rotatable bonds is 5. The molecule has 0 unspecified atom stereocenters. The summed E-state index contributed by atoms with van der Waals surface area (Å²) in [4.78, 5) is 16.5. The van der Waals surface area contributed by atoms with Gasteiger partial charge < -0.3 is 4.74 Å². The van der Waals surface area contributed by atoms with E-state index < -0.39 is 9.84 Å². The summed E-state index contributed by atoms with van der Waals surface area (Å²) in [6, 6.07) is 11.9. The zero-order valence-electron chi connectivity index (χ0n) is 13.0. The average molecular weight is 441 g/mol. The normalized spacial score (nSPS) is 11.4. The van der Waals surface area contributed by atoms with Gasteiger partial charge in [0.1, 0.15) is 5.75 Å². The van der Waals surface area contributed by atoms with Crippen molar-refractivity contribution >= 4 is 58.4 Å². The number of aromatic nitrogens is 1. The Bertz CT molecular complexity index is 1050. The largest absolute Gasteiger partial charge is 0.484 e. The molecule has 6 nitrogen and oxygen atoms in total. The summed E-state index contributed by atoms with van der Waals surface area (Å²) >= 11 is 4.54. The van der Waals surface area contributed by atoms with E-state index in [0.29, 0.717) is 21.1 Å². The van der Waals surface area contributed by atoms with Gasteiger partial charge in [-0.3, -0.25) is 10.1 Å². The van der Waals surface area contributed by atoms with Gasteiger partial charge >= 0.3 is 0 Å². The molecular weight excluding hydrogens is 428 g/mol. The number of nitrogens with zero attached hydrogens (tertiary/aromatic N) is 1.